The van der Waals surface area contributed by atoms with E-state index in [0.29, 0.717) is 32.9 Å². The lowest BCUT2D eigenvalue weighted by Gasteiger charge is -2.32. The third-order valence-corrected chi connectivity index (χ3v) is 6.05. The highest BCUT2D eigenvalue weighted by molar-refractivity contribution is 6.36. The Morgan fingerprint density at radius 3 is 2.59 bits per heavy atom. The Bertz CT molecular complexity index is 1160. The number of fused-ring (bicyclic) bond motifs is 5. The van der Waals surface area contributed by atoms with E-state index in [1.807, 2.05) is 17.0 Å². The number of hydrogen-bond acceptors (Lipinski definition) is 4. The van der Waals surface area contributed by atoms with Gasteiger partial charge in [-0.05, 0) is 49.1 Å². The molecule has 1 aliphatic carbocycles. The minimum Gasteiger partial charge on any atom is -0.471 e. The third-order valence-electron chi connectivity index (χ3n) is 5.23. The van der Waals surface area contributed by atoms with Crippen LogP contribution < -0.4 is 15.3 Å². The van der Waals surface area contributed by atoms with Gasteiger partial charge in [0.05, 0.1) is 27.8 Å². The van der Waals surface area contributed by atoms with Gasteiger partial charge < -0.3 is 14.1 Å². The summed E-state index contributed by atoms with van der Waals surface area (Å²) in [7, 11) is 0. The van der Waals surface area contributed by atoms with E-state index in [1.54, 1.807) is 12.1 Å². The quantitative estimate of drug-likeness (QED) is 0.479. The fourth-order valence-corrected chi connectivity index (χ4v) is 4.81. The maximum atomic E-state index is 12.4. The Morgan fingerprint density at radius 1 is 0.963 bits per heavy atom. The molecule has 3 aromatic rings. The molecule has 0 saturated carbocycles. The molecule has 0 saturated heterocycles. The van der Waals surface area contributed by atoms with Gasteiger partial charge in [0.2, 0.25) is 0 Å². The molecule has 4 nitrogen and oxygen atoms in total. The van der Waals surface area contributed by atoms with E-state index in [1.165, 1.54) is 0 Å². The number of aryl methyl sites for hydroxylation is 1. The van der Waals surface area contributed by atoms with Crippen molar-refractivity contribution in [1.29, 1.82) is 0 Å². The second kappa shape index (κ2) is 6.33. The van der Waals surface area contributed by atoms with E-state index in [2.05, 4.69) is 0 Å². The van der Waals surface area contributed by atoms with Gasteiger partial charge in [0.1, 0.15) is 11.3 Å². The predicted octanol–water partition coefficient (Wildman–Crippen LogP) is 5.60. The molecule has 0 atom stereocenters. The average molecular weight is 423 g/mol. The second-order valence-corrected chi connectivity index (χ2v) is 8.06. The van der Waals surface area contributed by atoms with Gasteiger partial charge in [0.25, 0.3) is 0 Å². The summed E-state index contributed by atoms with van der Waals surface area (Å²) >= 11 is 18.9. The Hall–Kier alpha value is -1.88. The maximum absolute atomic E-state index is 12.4. The molecular weight excluding hydrogens is 409 g/mol. The van der Waals surface area contributed by atoms with Gasteiger partial charge >= 0.3 is 5.63 Å². The number of halogens is 3. The average Bonchev–Trinajstić information content (AvgIpc) is 3.14. The zero-order valence-corrected chi connectivity index (χ0v) is 16.4. The first kappa shape index (κ1) is 17.2. The van der Waals surface area contributed by atoms with Crippen molar-refractivity contribution in [2.45, 2.75) is 25.8 Å². The largest absolute Gasteiger partial charge is 0.471 e. The van der Waals surface area contributed by atoms with Crippen LogP contribution in [0.1, 0.15) is 23.1 Å². The van der Waals surface area contributed by atoms with Gasteiger partial charge in [-0.1, -0.05) is 34.8 Å². The van der Waals surface area contributed by atoms with Crippen LogP contribution in [0.15, 0.2) is 33.5 Å². The molecule has 5 rings (SSSR count). The summed E-state index contributed by atoms with van der Waals surface area (Å²) < 4.78 is 11.6. The Labute approximate surface area is 170 Å². The Kier molecular flexibility index (Phi) is 4.04. The first-order valence-corrected chi connectivity index (χ1v) is 9.79. The summed E-state index contributed by atoms with van der Waals surface area (Å²) in [5.74, 6) is 0.562. The first-order valence-electron chi connectivity index (χ1n) is 8.65. The van der Waals surface area contributed by atoms with Gasteiger partial charge in [0.15, 0.2) is 6.73 Å². The number of ether oxygens (including phenoxy) is 1. The van der Waals surface area contributed by atoms with Gasteiger partial charge in [-0.2, -0.15) is 0 Å². The van der Waals surface area contributed by atoms with Crippen molar-refractivity contribution in [2.75, 3.05) is 11.6 Å². The Balaban J connectivity index is 1.69. The van der Waals surface area contributed by atoms with E-state index in [-0.39, 0.29) is 12.4 Å². The fraction of sp³-hybridized carbons (Fsp3) is 0.250. The van der Waals surface area contributed by atoms with Crippen molar-refractivity contribution in [3.63, 3.8) is 0 Å². The van der Waals surface area contributed by atoms with E-state index in [0.717, 1.165) is 47.0 Å². The topological polar surface area (TPSA) is 42.7 Å². The lowest BCUT2D eigenvalue weighted by molar-refractivity contribution is 0.289. The van der Waals surface area contributed by atoms with Gasteiger partial charge in [-0.25, -0.2) is 4.79 Å². The van der Waals surface area contributed by atoms with Crippen LogP contribution in [0, 0.1) is 0 Å². The van der Waals surface area contributed by atoms with E-state index < -0.39 is 0 Å². The molecule has 0 bridgehead atoms. The van der Waals surface area contributed by atoms with Crippen LogP contribution in [-0.4, -0.2) is 6.73 Å². The number of nitrogens with zero attached hydrogens (tertiary/aromatic N) is 1. The first-order chi connectivity index (χ1) is 13.0. The molecule has 0 fully saturated rings. The van der Waals surface area contributed by atoms with Crippen molar-refractivity contribution in [1.82, 2.24) is 0 Å². The molecule has 0 N–H and O–H groups in total. The molecular formula is C20H14Cl3NO3. The minimum absolute atomic E-state index is 0.263. The van der Waals surface area contributed by atoms with Crippen molar-refractivity contribution >= 4 is 51.5 Å². The van der Waals surface area contributed by atoms with Crippen molar-refractivity contribution < 1.29 is 9.15 Å². The highest BCUT2D eigenvalue weighted by atomic mass is 35.5. The van der Waals surface area contributed by atoms with Gasteiger partial charge in [0, 0.05) is 16.0 Å². The zero-order valence-electron chi connectivity index (χ0n) is 14.2. The van der Waals surface area contributed by atoms with Crippen LogP contribution in [-0.2, 0) is 19.4 Å². The van der Waals surface area contributed by atoms with Crippen LogP contribution in [0.5, 0.6) is 5.75 Å². The van der Waals surface area contributed by atoms with Crippen molar-refractivity contribution in [3.8, 4) is 5.75 Å². The van der Waals surface area contributed by atoms with Crippen LogP contribution in [0.2, 0.25) is 15.1 Å². The molecule has 27 heavy (non-hydrogen) atoms. The number of hydrogen-bond donors (Lipinski definition) is 0. The SMILES string of the molecule is O=c1oc2c3c(c(Cl)cc2c2c1CCC2)OCN(c1ccc(Cl)cc1Cl)C3. The summed E-state index contributed by atoms with van der Waals surface area (Å²) in [6.07, 6.45) is 2.57. The molecule has 2 aliphatic rings. The Morgan fingerprint density at radius 2 is 1.78 bits per heavy atom. The number of benzene rings is 2. The minimum atomic E-state index is -0.263. The predicted molar refractivity (Wildman–Crippen MR) is 108 cm³/mol. The second-order valence-electron chi connectivity index (χ2n) is 6.81. The summed E-state index contributed by atoms with van der Waals surface area (Å²) in [6.45, 7) is 0.754. The molecule has 7 heteroatoms. The zero-order chi connectivity index (χ0) is 18.7. The number of anilines is 1. The van der Waals surface area contributed by atoms with Crippen LogP contribution in [0.25, 0.3) is 11.0 Å². The number of rotatable bonds is 1. The molecule has 0 amide bonds. The smallest absolute Gasteiger partial charge is 0.339 e. The molecule has 1 aromatic heterocycles. The van der Waals surface area contributed by atoms with E-state index in [4.69, 9.17) is 44.0 Å². The molecule has 138 valence electrons. The third kappa shape index (κ3) is 2.70. The molecule has 0 spiro atoms. The molecule has 2 aromatic carbocycles. The molecule has 2 heterocycles. The fourth-order valence-electron chi connectivity index (χ4n) is 4.00. The summed E-state index contributed by atoms with van der Waals surface area (Å²) in [4.78, 5) is 14.4. The molecule has 0 unspecified atom stereocenters. The van der Waals surface area contributed by atoms with E-state index >= 15 is 0 Å². The molecule has 0 radical (unpaired) electrons. The van der Waals surface area contributed by atoms with E-state index in [9.17, 15) is 4.79 Å². The maximum Gasteiger partial charge on any atom is 0.339 e. The van der Waals surface area contributed by atoms with Crippen molar-refractivity contribution in [3.05, 3.63) is 66.4 Å². The standard InChI is InChI=1S/C20H14Cl3NO3/c21-10-4-5-17(15(22)6-10)24-8-14-18-13(7-16(23)19(14)26-9-24)11-2-1-3-12(11)20(25)27-18/h4-7H,1-3,8-9H2. The van der Waals surface area contributed by atoms with Crippen molar-refractivity contribution in [2.24, 2.45) is 0 Å². The molecule has 1 aliphatic heterocycles. The highest BCUT2D eigenvalue weighted by Crippen LogP contribution is 2.42. The normalized spacial score (nSPS) is 15.6. The monoisotopic (exact) mass is 421 g/mol. The van der Waals surface area contributed by atoms with Crippen LogP contribution in [0.3, 0.4) is 0 Å². The summed E-state index contributed by atoms with van der Waals surface area (Å²) in [6, 6.07) is 7.17. The summed E-state index contributed by atoms with van der Waals surface area (Å²) in [5.41, 5.74) is 3.67. The van der Waals surface area contributed by atoms with Crippen LogP contribution >= 0.6 is 34.8 Å². The lowest BCUT2D eigenvalue weighted by Crippen LogP contribution is -2.32. The summed E-state index contributed by atoms with van der Waals surface area (Å²) in [5, 5.41) is 2.53. The van der Waals surface area contributed by atoms with Gasteiger partial charge in [-0.3, -0.25) is 0 Å². The van der Waals surface area contributed by atoms with Crippen LogP contribution in [0.4, 0.5) is 5.69 Å². The van der Waals surface area contributed by atoms with Gasteiger partial charge in [-0.15, -0.1) is 0 Å². The lowest BCUT2D eigenvalue weighted by atomic mass is 10.0. The highest BCUT2D eigenvalue weighted by Gasteiger charge is 2.28.